The van der Waals surface area contributed by atoms with E-state index in [4.69, 9.17) is 9.88 Å². The van der Waals surface area contributed by atoms with Crippen LogP contribution < -0.4 is 5.14 Å². The topological polar surface area (TPSA) is 142 Å². The van der Waals surface area contributed by atoms with Crippen LogP contribution in [0.1, 0.15) is 50.2 Å². The van der Waals surface area contributed by atoms with Gasteiger partial charge >= 0.3 is 16.3 Å². The van der Waals surface area contributed by atoms with Gasteiger partial charge in [-0.1, -0.05) is 24.6 Å². The van der Waals surface area contributed by atoms with E-state index < -0.39 is 37.8 Å². The molecule has 1 aromatic carbocycles. The quantitative estimate of drug-likeness (QED) is 0.616. The molecule has 1 atom stereocenters. The summed E-state index contributed by atoms with van der Waals surface area (Å²) in [4.78, 5) is 12.5. The van der Waals surface area contributed by atoms with Crippen molar-refractivity contribution in [2.24, 2.45) is 11.1 Å². The molecule has 0 radical (unpaired) electrons. The zero-order chi connectivity index (χ0) is 25.4. The first kappa shape index (κ1) is 26.8. The molecule has 10 nitrogen and oxygen atoms in total. The number of hydrogen-bond donors (Lipinski definition) is 1. The molecular weight excluding hydrogens is 468 g/mol. The van der Waals surface area contributed by atoms with Crippen molar-refractivity contribution < 1.29 is 26.4 Å². The minimum absolute atomic E-state index is 0.114. The average Bonchev–Trinajstić information content (AvgIpc) is 2.93. The predicted molar refractivity (Wildman–Crippen MR) is 124 cm³/mol. The van der Waals surface area contributed by atoms with E-state index in [1.165, 1.54) is 12.1 Å². The van der Waals surface area contributed by atoms with E-state index in [2.05, 4.69) is 5.10 Å². The SMILES string of the molecule is Cc1ccc(S(=O)(=O)n2nc(C)c(C[C@H](C)CN(C(=O)OC(C)(C)C)S(N)(=O)=O)c2C)cc1. The summed E-state index contributed by atoms with van der Waals surface area (Å²) in [5.41, 5.74) is 1.59. The van der Waals surface area contributed by atoms with Crippen molar-refractivity contribution in [1.82, 2.24) is 13.5 Å². The van der Waals surface area contributed by atoms with Gasteiger partial charge in [0.1, 0.15) is 5.60 Å². The number of nitrogens with zero attached hydrogens (tertiary/aromatic N) is 3. The molecule has 1 amide bonds. The van der Waals surface area contributed by atoms with E-state index in [-0.39, 0.29) is 17.9 Å². The molecule has 184 valence electrons. The summed E-state index contributed by atoms with van der Waals surface area (Å²) < 4.78 is 56.8. The monoisotopic (exact) mass is 500 g/mol. The summed E-state index contributed by atoms with van der Waals surface area (Å²) >= 11 is 0. The second kappa shape index (κ2) is 9.43. The maximum Gasteiger partial charge on any atom is 0.425 e. The van der Waals surface area contributed by atoms with E-state index in [0.717, 1.165) is 9.65 Å². The smallest absolute Gasteiger partial charge is 0.425 e. The normalized spacial score (nSPS) is 13.6. The van der Waals surface area contributed by atoms with Gasteiger partial charge < -0.3 is 4.74 Å². The van der Waals surface area contributed by atoms with Crippen molar-refractivity contribution >= 4 is 26.3 Å². The number of amides is 1. The van der Waals surface area contributed by atoms with Crippen LogP contribution in [0.2, 0.25) is 0 Å². The third kappa shape index (κ3) is 6.55. The van der Waals surface area contributed by atoms with E-state index in [0.29, 0.717) is 21.3 Å². The number of rotatable bonds is 7. The van der Waals surface area contributed by atoms with Crippen LogP contribution >= 0.6 is 0 Å². The van der Waals surface area contributed by atoms with Crippen LogP contribution in [0.25, 0.3) is 0 Å². The number of hydrogen-bond acceptors (Lipinski definition) is 7. The third-order valence-corrected chi connectivity index (χ3v) is 7.47. The van der Waals surface area contributed by atoms with E-state index in [9.17, 15) is 21.6 Å². The van der Waals surface area contributed by atoms with Crippen molar-refractivity contribution in [3.8, 4) is 0 Å². The van der Waals surface area contributed by atoms with Crippen molar-refractivity contribution in [3.63, 3.8) is 0 Å². The Morgan fingerprint density at radius 2 is 1.67 bits per heavy atom. The molecular formula is C21H32N4O6S2. The van der Waals surface area contributed by atoms with Gasteiger partial charge in [0.15, 0.2) is 0 Å². The zero-order valence-electron chi connectivity index (χ0n) is 20.0. The molecule has 2 aromatic rings. The third-order valence-electron chi connectivity index (χ3n) is 4.88. The molecule has 0 aliphatic rings. The van der Waals surface area contributed by atoms with Crippen molar-refractivity contribution in [2.75, 3.05) is 6.54 Å². The van der Waals surface area contributed by atoms with Crippen molar-refractivity contribution in [3.05, 3.63) is 46.8 Å². The minimum atomic E-state index is -4.36. The number of nitrogens with two attached hydrogens (primary N) is 1. The molecule has 33 heavy (non-hydrogen) atoms. The van der Waals surface area contributed by atoms with Gasteiger partial charge in [0, 0.05) is 6.54 Å². The molecule has 0 bridgehead atoms. The standard InChI is InChI=1S/C21H32N4O6S2/c1-14-8-10-18(11-9-14)32(27,28)25-17(4)19(16(3)23-25)12-15(2)13-24(33(22,29)30)20(26)31-21(5,6)7/h8-11,15H,12-13H2,1-7H3,(H2,22,29,30)/t15-/m0/s1. The largest absolute Gasteiger partial charge is 0.443 e. The van der Waals surface area contributed by atoms with Gasteiger partial charge in [-0.05, 0) is 71.6 Å². The Kier molecular flexibility index (Phi) is 7.66. The van der Waals surface area contributed by atoms with Crippen LogP contribution in [0.15, 0.2) is 29.2 Å². The van der Waals surface area contributed by atoms with E-state index in [1.54, 1.807) is 53.7 Å². The molecule has 0 spiro atoms. The van der Waals surface area contributed by atoms with Crippen LogP contribution in [0.3, 0.4) is 0 Å². The highest BCUT2D eigenvalue weighted by Gasteiger charge is 2.31. The van der Waals surface area contributed by atoms with Crippen LogP contribution in [0, 0.1) is 26.7 Å². The Morgan fingerprint density at radius 1 is 1.12 bits per heavy atom. The lowest BCUT2D eigenvalue weighted by Crippen LogP contribution is -2.46. The van der Waals surface area contributed by atoms with Crippen molar-refractivity contribution in [2.45, 2.75) is 65.4 Å². The summed E-state index contributed by atoms with van der Waals surface area (Å²) in [6.45, 7) is 11.5. The summed E-state index contributed by atoms with van der Waals surface area (Å²) in [5, 5.41) is 9.46. The van der Waals surface area contributed by atoms with Gasteiger partial charge in [0.25, 0.3) is 10.0 Å². The van der Waals surface area contributed by atoms with Crippen LogP contribution in [-0.4, -0.2) is 48.6 Å². The first-order valence-electron chi connectivity index (χ1n) is 10.3. The molecule has 0 saturated heterocycles. The van der Waals surface area contributed by atoms with Gasteiger partial charge in [-0.3, -0.25) is 0 Å². The number of carbonyl (C=O) groups is 1. The maximum absolute atomic E-state index is 13.1. The van der Waals surface area contributed by atoms with Gasteiger partial charge in [-0.2, -0.15) is 30.3 Å². The average molecular weight is 501 g/mol. The second-order valence-corrected chi connectivity index (χ2v) is 12.4. The number of benzene rings is 1. The lowest BCUT2D eigenvalue weighted by Gasteiger charge is -2.27. The van der Waals surface area contributed by atoms with Crippen LogP contribution in [0.5, 0.6) is 0 Å². The molecule has 2 N–H and O–H groups in total. The fourth-order valence-corrected chi connectivity index (χ4v) is 5.37. The summed E-state index contributed by atoms with van der Waals surface area (Å²) in [5.74, 6) is -0.395. The zero-order valence-corrected chi connectivity index (χ0v) is 21.6. The Bertz CT molecular complexity index is 1230. The van der Waals surface area contributed by atoms with Crippen LogP contribution in [0.4, 0.5) is 4.79 Å². The molecule has 1 heterocycles. The summed E-state index contributed by atoms with van der Waals surface area (Å²) in [6.07, 6.45) is -0.793. The highest BCUT2D eigenvalue weighted by atomic mass is 32.2. The molecule has 2 rings (SSSR count). The number of ether oxygens (including phenoxy) is 1. The Morgan fingerprint density at radius 3 is 2.15 bits per heavy atom. The maximum atomic E-state index is 13.1. The molecule has 0 aliphatic heterocycles. The molecule has 0 aliphatic carbocycles. The lowest BCUT2D eigenvalue weighted by atomic mass is 10.00. The summed E-state index contributed by atoms with van der Waals surface area (Å²) in [6, 6.07) is 6.46. The number of carbonyl (C=O) groups excluding carboxylic acids is 1. The minimum Gasteiger partial charge on any atom is -0.443 e. The second-order valence-electron chi connectivity index (χ2n) is 9.18. The fraction of sp³-hybridized carbons (Fsp3) is 0.524. The Hall–Kier alpha value is -2.44. The fourth-order valence-electron chi connectivity index (χ4n) is 3.28. The van der Waals surface area contributed by atoms with Gasteiger partial charge in [0.2, 0.25) is 0 Å². The first-order chi connectivity index (χ1) is 14.9. The van der Waals surface area contributed by atoms with Gasteiger partial charge in [0.05, 0.1) is 16.3 Å². The highest BCUT2D eigenvalue weighted by molar-refractivity contribution is 7.89. The van der Waals surface area contributed by atoms with Gasteiger partial charge in [-0.15, -0.1) is 0 Å². The van der Waals surface area contributed by atoms with E-state index >= 15 is 0 Å². The number of aryl methyl sites for hydroxylation is 2. The van der Waals surface area contributed by atoms with Crippen molar-refractivity contribution in [1.29, 1.82) is 0 Å². The van der Waals surface area contributed by atoms with Gasteiger partial charge in [-0.25, -0.2) is 9.93 Å². The molecule has 0 unspecified atom stereocenters. The Labute approximate surface area is 196 Å². The lowest BCUT2D eigenvalue weighted by molar-refractivity contribution is 0.0375. The molecule has 0 saturated carbocycles. The molecule has 12 heteroatoms. The van der Waals surface area contributed by atoms with Crippen LogP contribution in [-0.2, 0) is 31.4 Å². The predicted octanol–water partition coefficient (Wildman–Crippen LogP) is 2.66. The summed E-state index contributed by atoms with van der Waals surface area (Å²) in [7, 11) is -8.26. The first-order valence-corrected chi connectivity index (χ1v) is 13.3. The molecule has 1 aromatic heterocycles. The Balaban J connectivity index is 2.31. The molecule has 0 fully saturated rings. The van der Waals surface area contributed by atoms with E-state index in [1.807, 2.05) is 6.92 Å². The highest BCUT2D eigenvalue weighted by Crippen LogP contribution is 2.23. The number of aromatic nitrogens is 2.